The Kier molecular flexibility index (Phi) is 8.98. The van der Waals surface area contributed by atoms with E-state index in [1.54, 1.807) is 6.07 Å². The summed E-state index contributed by atoms with van der Waals surface area (Å²) in [5.74, 6) is -0.836. The van der Waals surface area contributed by atoms with Gasteiger partial charge in [0.05, 0.1) is 27.1 Å². The minimum absolute atomic E-state index is 0.0582. The lowest BCUT2D eigenvalue weighted by atomic mass is 10.1. The maximum atomic E-state index is 13.0. The molecule has 0 aromatic heterocycles. The van der Waals surface area contributed by atoms with Crippen LogP contribution in [0.4, 0.5) is 16.2 Å². The second kappa shape index (κ2) is 12.3. The summed E-state index contributed by atoms with van der Waals surface area (Å²) in [6.45, 7) is 1.27. The number of nitro groups is 1. The van der Waals surface area contributed by atoms with Crippen LogP contribution in [0.1, 0.15) is 18.1 Å². The Morgan fingerprint density at radius 1 is 1.12 bits per heavy atom. The topological polar surface area (TPSA) is 162 Å². The van der Waals surface area contributed by atoms with Gasteiger partial charge in [-0.05, 0) is 88.0 Å². The number of imide groups is 1. The van der Waals surface area contributed by atoms with Gasteiger partial charge < -0.3 is 14.2 Å². The van der Waals surface area contributed by atoms with Crippen LogP contribution in [0.25, 0.3) is 6.08 Å². The number of ether oxygens (including phenoxy) is 1. The van der Waals surface area contributed by atoms with E-state index >= 15 is 0 Å². The van der Waals surface area contributed by atoms with E-state index in [-0.39, 0.29) is 39.4 Å². The second-order valence-corrected chi connectivity index (χ2v) is 12.2. The van der Waals surface area contributed by atoms with Gasteiger partial charge in [0.1, 0.15) is 4.90 Å². The SMILES string of the molecule is COc1cc(/C=C2\SC(=O)N(Cc3ccc([N+](=O)[O-])cc3)C2=O)cc(I)c1OS(=O)(=O)c1ccc(NC(C)=O)cc1. The molecule has 1 heterocycles. The number of benzene rings is 3. The molecule has 0 radical (unpaired) electrons. The number of non-ortho nitro benzene ring substituents is 1. The maximum absolute atomic E-state index is 13.0. The monoisotopic (exact) mass is 709 g/mol. The fourth-order valence-electron chi connectivity index (χ4n) is 3.66. The predicted molar refractivity (Wildman–Crippen MR) is 159 cm³/mol. The van der Waals surface area contributed by atoms with E-state index in [4.69, 9.17) is 8.92 Å². The van der Waals surface area contributed by atoms with E-state index in [0.29, 0.717) is 20.4 Å². The number of nitro benzene ring substituents is 1. The zero-order chi connectivity index (χ0) is 29.9. The number of carbonyl (C=O) groups is 3. The molecule has 0 atom stereocenters. The van der Waals surface area contributed by atoms with Gasteiger partial charge in [-0.25, -0.2) is 0 Å². The number of carbonyl (C=O) groups excluding carboxylic acids is 3. The Balaban J connectivity index is 1.54. The van der Waals surface area contributed by atoms with Gasteiger partial charge in [0, 0.05) is 24.7 Å². The molecule has 1 fully saturated rings. The van der Waals surface area contributed by atoms with Crippen molar-refractivity contribution < 1.29 is 36.6 Å². The molecule has 4 rings (SSSR count). The van der Waals surface area contributed by atoms with Gasteiger partial charge in [-0.3, -0.25) is 29.4 Å². The summed E-state index contributed by atoms with van der Waals surface area (Å²) in [4.78, 5) is 48.1. The van der Waals surface area contributed by atoms with E-state index in [9.17, 15) is 32.9 Å². The first-order valence-electron chi connectivity index (χ1n) is 11.6. The fraction of sp³-hybridized carbons (Fsp3) is 0.115. The first kappa shape index (κ1) is 30.0. The van der Waals surface area contributed by atoms with Crippen molar-refractivity contribution in [3.63, 3.8) is 0 Å². The summed E-state index contributed by atoms with van der Waals surface area (Å²) in [5.41, 5.74) is 1.32. The first-order chi connectivity index (χ1) is 19.4. The van der Waals surface area contributed by atoms with Crippen molar-refractivity contribution in [1.29, 1.82) is 0 Å². The number of halogens is 1. The second-order valence-electron chi connectivity index (χ2n) is 8.47. The van der Waals surface area contributed by atoms with Crippen LogP contribution in [0.5, 0.6) is 11.5 Å². The van der Waals surface area contributed by atoms with Crippen molar-refractivity contribution in [3.8, 4) is 11.5 Å². The molecule has 0 saturated carbocycles. The zero-order valence-corrected chi connectivity index (χ0v) is 25.1. The molecule has 1 aliphatic heterocycles. The smallest absolute Gasteiger partial charge is 0.339 e. The van der Waals surface area contributed by atoms with Gasteiger partial charge >= 0.3 is 10.1 Å². The molecule has 3 aromatic rings. The molecule has 0 spiro atoms. The maximum Gasteiger partial charge on any atom is 0.339 e. The Bertz CT molecular complexity index is 1690. The Morgan fingerprint density at radius 2 is 1.78 bits per heavy atom. The summed E-state index contributed by atoms with van der Waals surface area (Å²) < 4.78 is 37.0. The van der Waals surface area contributed by atoms with Crippen molar-refractivity contribution in [1.82, 2.24) is 4.90 Å². The number of amides is 3. The summed E-state index contributed by atoms with van der Waals surface area (Å²) in [7, 11) is -2.94. The molecular weight excluding hydrogens is 689 g/mol. The van der Waals surface area contributed by atoms with E-state index in [0.717, 1.165) is 16.7 Å². The van der Waals surface area contributed by atoms with Crippen molar-refractivity contribution in [2.24, 2.45) is 0 Å². The van der Waals surface area contributed by atoms with Gasteiger partial charge in [0.25, 0.3) is 16.8 Å². The number of hydrogen-bond donors (Lipinski definition) is 1. The van der Waals surface area contributed by atoms with Crippen LogP contribution in [0.2, 0.25) is 0 Å². The molecule has 1 N–H and O–H groups in total. The van der Waals surface area contributed by atoms with Crippen LogP contribution >= 0.6 is 34.4 Å². The number of nitrogens with zero attached hydrogens (tertiary/aromatic N) is 2. The molecule has 0 bridgehead atoms. The van der Waals surface area contributed by atoms with Crippen molar-refractivity contribution in [2.75, 3.05) is 12.4 Å². The zero-order valence-electron chi connectivity index (χ0n) is 21.3. The van der Waals surface area contributed by atoms with Gasteiger partial charge in [-0.2, -0.15) is 8.42 Å². The average Bonchev–Trinajstić information content (AvgIpc) is 3.17. The predicted octanol–water partition coefficient (Wildman–Crippen LogP) is 5.17. The van der Waals surface area contributed by atoms with Crippen molar-refractivity contribution in [3.05, 3.63) is 90.4 Å². The van der Waals surface area contributed by atoms with E-state index in [2.05, 4.69) is 5.32 Å². The number of hydrogen-bond acceptors (Lipinski definition) is 10. The lowest BCUT2D eigenvalue weighted by Crippen LogP contribution is -2.27. The molecule has 12 nitrogen and oxygen atoms in total. The number of nitrogens with one attached hydrogen (secondary N) is 1. The third-order valence-corrected chi connectivity index (χ3v) is 8.51. The largest absolute Gasteiger partial charge is 0.493 e. The highest BCUT2D eigenvalue weighted by Gasteiger charge is 2.35. The Labute approximate surface area is 252 Å². The molecule has 3 amide bonds. The van der Waals surface area contributed by atoms with Crippen LogP contribution in [0.3, 0.4) is 0 Å². The minimum Gasteiger partial charge on any atom is -0.493 e. The van der Waals surface area contributed by atoms with Crippen LogP contribution < -0.4 is 14.2 Å². The summed E-state index contributed by atoms with van der Waals surface area (Å²) in [5, 5.41) is 12.9. The third-order valence-electron chi connectivity index (χ3n) is 5.57. The van der Waals surface area contributed by atoms with Crippen LogP contribution in [0, 0.1) is 13.7 Å². The number of anilines is 1. The van der Waals surface area contributed by atoms with Gasteiger partial charge in [0.2, 0.25) is 5.91 Å². The number of rotatable bonds is 9. The minimum atomic E-state index is -4.27. The van der Waals surface area contributed by atoms with Gasteiger partial charge in [-0.1, -0.05) is 12.1 Å². The number of thioether (sulfide) groups is 1. The number of methoxy groups -OCH3 is 1. The molecule has 212 valence electrons. The molecule has 1 saturated heterocycles. The molecular formula is C26H20IN3O9S2. The highest BCUT2D eigenvalue weighted by molar-refractivity contribution is 14.1. The van der Waals surface area contributed by atoms with E-state index in [1.165, 1.54) is 74.7 Å². The van der Waals surface area contributed by atoms with E-state index in [1.807, 2.05) is 22.6 Å². The molecule has 0 unspecified atom stereocenters. The van der Waals surface area contributed by atoms with Crippen LogP contribution in [-0.4, -0.2) is 42.4 Å². The average molecular weight is 709 g/mol. The summed E-state index contributed by atoms with van der Waals surface area (Å²) in [6.07, 6.45) is 1.48. The lowest BCUT2D eigenvalue weighted by Gasteiger charge is -2.14. The standard InChI is InChI=1S/C26H20IN3O9S2/c1-15(31)28-18-5-9-20(10-6-18)41(36,37)39-24-21(27)11-17(12-22(24)38-2)13-23-25(32)29(26(33)40-23)14-16-3-7-19(8-4-16)30(34)35/h3-13H,14H2,1-2H3,(H,28,31)/b23-13-. The molecule has 15 heteroatoms. The van der Waals surface area contributed by atoms with E-state index < -0.39 is 26.2 Å². The third kappa shape index (κ3) is 7.04. The first-order valence-corrected chi connectivity index (χ1v) is 14.9. The fourth-order valence-corrected chi connectivity index (χ4v) is 6.34. The van der Waals surface area contributed by atoms with Gasteiger partial charge in [-0.15, -0.1) is 0 Å². The summed E-state index contributed by atoms with van der Waals surface area (Å²) >= 11 is 2.60. The Hall–Kier alpha value is -3.96. The molecule has 0 aliphatic carbocycles. The molecule has 41 heavy (non-hydrogen) atoms. The summed E-state index contributed by atoms with van der Waals surface area (Å²) in [6, 6.07) is 14.0. The Morgan fingerprint density at radius 3 is 2.37 bits per heavy atom. The molecule has 3 aromatic carbocycles. The quantitative estimate of drug-likeness (QED) is 0.103. The molecule has 1 aliphatic rings. The highest BCUT2D eigenvalue weighted by Crippen LogP contribution is 2.39. The van der Waals surface area contributed by atoms with Crippen molar-refractivity contribution >= 4 is 79.0 Å². The highest BCUT2D eigenvalue weighted by atomic mass is 127. The lowest BCUT2D eigenvalue weighted by molar-refractivity contribution is -0.384. The normalized spacial score (nSPS) is 14.3. The van der Waals surface area contributed by atoms with Crippen LogP contribution in [0.15, 0.2) is 70.5 Å². The van der Waals surface area contributed by atoms with Crippen molar-refractivity contribution in [2.45, 2.75) is 18.4 Å². The van der Waals surface area contributed by atoms with Gasteiger partial charge in [0.15, 0.2) is 11.5 Å². The van der Waals surface area contributed by atoms with Crippen LogP contribution in [-0.2, 0) is 26.3 Å².